The number of carbonyl (C=O) groups excluding carboxylic acids is 1. The second-order valence-electron chi connectivity index (χ2n) is 4.91. The molecule has 0 aromatic heterocycles. The van der Waals surface area contributed by atoms with Crippen LogP contribution in [0.4, 0.5) is 0 Å². The van der Waals surface area contributed by atoms with Crippen molar-refractivity contribution < 1.29 is 9.53 Å². The van der Waals surface area contributed by atoms with E-state index in [1.165, 1.54) is 0 Å². The number of ether oxygens (including phenoxy) is 1. The molecule has 2 saturated heterocycles. The van der Waals surface area contributed by atoms with Crippen LogP contribution in [0.3, 0.4) is 0 Å². The van der Waals surface area contributed by atoms with Gasteiger partial charge in [0.15, 0.2) is 0 Å². The van der Waals surface area contributed by atoms with Crippen molar-refractivity contribution in [1.82, 2.24) is 10.6 Å². The number of nitrogens with one attached hydrogen (secondary N) is 2. The Kier molecular flexibility index (Phi) is 5.70. The van der Waals surface area contributed by atoms with E-state index in [1.807, 2.05) is 0 Å². The number of amides is 1. The van der Waals surface area contributed by atoms with Gasteiger partial charge in [-0.1, -0.05) is 6.92 Å². The van der Waals surface area contributed by atoms with Crippen LogP contribution in [0.2, 0.25) is 0 Å². The van der Waals surface area contributed by atoms with Crippen LogP contribution in [-0.2, 0) is 9.53 Å². The molecule has 2 atom stereocenters. The van der Waals surface area contributed by atoms with Crippen LogP contribution in [-0.4, -0.2) is 37.7 Å². The van der Waals surface area contributed by atoms with Crippen LogP contribution in [0.1, 0.15) is 32.6 Å². The van der Waals surface area contributed by atoms with Gasteiger partial charge in [0.1, 0.15) is 0 Å². The monoisotopic (exact) mass is 262 g/mol. The summed E-state index contributed by atoms with van der Waals surface area (Å²) in [6, 6.07) is 0. The summed E-state index contributed by atoms with van der Waals surface area (Å²) in [5.41, 5.74) is -0.292. The van der Waals surface area contributed by atoms with Gasteiger partial charge in [-0.25, -0.2) is 0 Å². The van der Waals surface area contributed by atoms with Crippen molar-refractivity contribution >= 4 is 18.3 Å². The highest BCUT2D eigenvalue weighted by atomic mass is 35.5. The minimum Gasteiger partial charge on any atom is -0.381 e. The lowest BCUT2D eigenvalue weighted by Crippen LogP contribution is -2.53. The van der Waals surface area contributed by atoms with E-state index in [0.29, 0.717) is 5.92 Å². The van der Waals surface area contributed by atoms with E-state index in [2.05, 4.69) is 17.6 Å². The summed E-state index contributed by atoms with van der Waals surface area (Å²) in [7, 11) is 0. The van der Waals surface area contributed by atoms with Crippen LogP contribution < -0.4 is 10.6 Å². The normalized spacial score (nSPS) is 32.2. The molecule has 0 aromatic carbocycles. The SMILES string of the molecule is CCC1(C(=O)NCC2CCOC2)CCCN1.Cl. The molecule has 2 N–H and O–H groups in total. The first-order valence-electron chi connectivity index (χ1n) is 6.38. The summed E-state index contributed by atoms with van der Waals surface area (Å²) in [6.45, 7) is 5.46. The van der Waals surface area contributed by atoms with E-state index in [9.17, 15) is 4.79 Å². The van der Waals surface area contributed by atoms with Crippen molar-refractivity contribution in [2.24, 2.45) is 5.92 Å². The van der Waals surface area contributed by atoms with Gasteiger partial charge in [-0.3, -0.25) is 4.79 Å². The van der Waals surface area contributed by atoms with Gasteiger partial charge in [0, 0.05) is 19.1 Å². The predicted octanol–water partition coefficient (Wildman–Crippen LogP) is 1.09. The summed E-state index contributed by atoms with van der Waals surface area (Å²) >= 11 is 0. The number of carbonyl (C=O) groups is 1. The number of rotatable bonds is 4. The summed E-state index contributed by atoms with van der Waals surface area (Å²) in [5.74, 6) is 0.693. The smallest absolute Gasteiger partial charge is 0.240 e. The maximum atomic E-state index is 12.1. The Morgan fingerprint density at radius 3 is 2.94 bits per heavy atom. The Labute approximate surface area is 109 Å². The van der Waals surface area contributed by atoms with Gasteiger partial charge in [0.25, 0.3) is 0 Å². The molecule has 100 valence electrons. The molecule has 2 aliphatic heterocycles. The van der Waals surface area contributed by atoms with Gasteiger partial charge in [-0.15, -0.1) is 12.4 Å². The van der Waals surface area contributed by atoms with Crippen molar-refractivity contribution in [1.29, 1.82) is 0 Å². The molecule has 2 aliphatic rings. The molecular formula is C12H23ClN2O2. The third-order valence-electron chi connectivity index (χ3n) is 3.86. The molecule has 0 saturated carbocycles. The number of halogens is 1. The topological polar surface area (TPSA) is 50.4 Å². The fourth-order valence-corrected chi connectivity index (χ4v) is 2.61. The molecular weight excluding hydrogens is 240 g/mol. The van der Waals surface area contributed by atoms with Gasteiger partial charge in [-0.2, -0.15) is 0 Å². The molecule has 0 aliphatic carbocycles. The zero-order valence-electron chi connectivity index (χ0n) is 10.5. The van der Waals surface area contributed by atoms with Crippen molar-refractivity contribution in [3.05, 3.63) is 0 Å². The fourth-order valence-electron chi connectivity index (χ4n) is 2.61. The van der Waals surface area contributed by atoms with Gasteiger partial charge < -0.3 is 15.4 Å². The van der Waals surface area contributed by atoms with Crippen LogP contribution >= 0.6 is 12.4 Å². The molecule has 0 spiro atoms. The first-order chi connectivity index (χ1) is 7.77. The highest BCUT2D eigenvalue weighted by Gasteiger charge is 2.39. The van der Waals surface area contributed by atoms with Gasteiger partial charge in [0.2, 0.25) is 5.91 Å². The van der Waals surface area contributed by atoms with E-state index in [-0.39, 0.29) is 23.9 Å². The standard InChI is InChI=1S/C12H22N2O2.ClH/c1-2-12(5-3-6-14-12)11(15)13-8-10-4-7-16-9-10;/h10,14H,2-9H2,1H3,(H,13,15);1H. The molecule has 0 radical (unpaired) electrons. The maximum Gasteiger partial charge on any atom is 0.240 e. The molecule has 0 bridgehead atoms. The van der Waals surface area contributed by atoms with Crippen LogP contribution in [0.5, 0.6) is 0 Å². The highest BCUT2D eigenvalue weighted by molar-refractivity contribution is 5.86. The minimum atomic E-state index is -0.292. The zero-order valence-corrected chi connectivity index (χ0v) is 11.3. The van der Waals surface area contributed by atoms with Crippen LogP contribution in [0, 0.1) is 5.92 Å². The van der Waals surface area contributed by atoms with E-state index in [1.54, 1.807) is 0 Å². The van der Waals surface area contributed by atoms with Crippen molar-refractivity contribution in [3.63, 3.8) is 0 Å². The zero-order chi connectivity index (χ0) is 11.4. The Balaban J connectivity index is 0.00000144. The Morgan fingerprint density at radius 2 is 2.41 bits per heavy atom. The fraction of sp³-hybridized carbons (Fsp3) is 0.917. The van der Waals surface area contributed by atoms with Gasteiger partial charge in [0.05, 0.1) is 12.1 Å². The minimum absolute atomic E-state index is 0. The highest BCUT2D eigenvalue weighted by Crippen LogP contribution is 2.23. The maximum absolute atomic E-state index is 12.1. The second kappa shape index (κ2) is 6.57. The molecule has 17 heavy (non-hydrogen) atoms. The summed E-state index contributed by atoms with van der Waals surface area (Å²) in [4.78, 5) is 12.1. The van der Waals surface area contributed by atoms with Crippen LogP contribution in [0.15, 0.2) is 0 Å². The van der Waals surface area contributed by atoms with Gasteiger partial charge in [-0.05, 0) is 32.2 Å². The Hall–Kier alpha value is -0.320. The third kappa shape index (κ3) is 3.33. The van der Waals surface area contributed by atoms with E-state index in [0.717, 1.165) is 52.0 Å². The van der Waals surface area contributed by atoms with Crippen molar-refractivity contribution in [3.8, 4) is 0 Å². The predicted molar refractivity (Wildman–Crippen MR) is 69.4 cm³/mol. The summed E-state index contributed by atoms with van der Waals surface area (Å²) < 4.78 is 5.30. The lowest BCUT2D eigenvalue weighted by molar-refractivity contribution is -0.127. The molecule has 2 unspecified atom stereocenters. The molecule has 1 amide bonds. The van der Waals surface area contributed by atoms with E-state index >= 15 is 0 Å². The molecule has 2 rings (SSSR count). The summed E-state index contributed by atoms with van der Waals surface area (Å²) in [5, 5.41) is 6.43. The van der Waals surface area contributed by atoms with E-state index < -0.39 is 0 Å². The number of hydrogen-bond donors (Lipinski definition) is 2. The Morgan fingerprint density at radius 1 is 1.59 bits per heavy atom. The largest absolute Gasteiger partial charge is 0.381 e. The van der Waals surface area contributed by atoms with Crippen LogP contribution in [0.25, 0.3) is 0 Å². The molecule has 2 fully saturated rings. The first kappa shape index (κ1) is 14.7. The average Bonchev–Trinajstić information content (AvgIpc) is 2.97. The lowest BCUT2D eigenvalue weighted by atomic mass is 9.93. The Bertz CT molecular complexity index is 249. The first-order valence-corrected chi connectivity index (χ1v) is 6.38. The van der Waals surface area contributed by atoms with Crippen molar-refractivity contribution in [2.75, 3.05) is 26.3 Å². The molecule has 4 nitrogen and oxygen atoms in total. The molecule has 5 heteroatoms. The van der Waals surface area contributed by atoms with Crippen molar-refractivity contribution in [2.45, 2.75) is 38.1 Å². The lowest BCUT2D eigenvalue weighted by Gasteiger charge is -2.27. The van der Waals surface area contributed by atoms with Gasteiger partial charge >= 0.3 is 0 Å². The molecule has 0 aromatic rings. The number of hydrogen-bond acceptors (Lipinski definition) is 3. The third-order valence-corrected chi connectivity index (χ3v) is 3.86. The second-order valence-corrected chi connectivity index (χ2v) is 4.91. The quantitative estimate of drug-likeness (QED) is 0.798. The summed E-state index contributed by atoms with van der Waals surface area (Å²) in [6.07, 6.45) is 4.02. The van der Waals surface area contributed by atoms with E-state index in [4.69, 9.17) is 4.74 Å². The average molecular weight is 263 g/mol. The molecule has 2 heterocycles.